The minimum atomic E-state index is -0.503. The maximum atomic E-state index is 12.1. The Morgan fingerprint density at radius 2 is 2.04 bits per heavy atom. The van der Waals surface area contributed by atoms with Crippen LogP contribution >= 0.6 is 0 Å². The first kappa shape index (κ1) is 16.6. The third-order valence-corrected chi connectivity index (χ3v) is 4.69. The normalized spacial score (nSPS) is 22.6. The van der Waals surface area contributed by atoms with Crippen LogP contribution in [0.4, 0.5) is 0 Å². The first-order chi connectivity index (χ1) is 11.6. The van der Waals surface area contributed by atoms with Crippen molar-refractivity contribution >= 4 is 18.0 Å². The van der Waals surface area contributed by atoms with Crippen LogP contribution in [0.5, 0.6) is 5.75 Å². The largest absolute Gasteiger partial charge is 0.488 e. The van der Waals surface area contributed by atoms with Gasteiger partial charge in [0.05, 0.1) is 5.57 Å². The van der Waals surface area contributed by atoms with Crippen molar-refractivity contribution in [3.63, 3.8) is 0 Å². The fourth-order valence-electron chi connectivity index (χ4n) is 3.24. The van der Waals surface area contributed by atoms with Crippen LogP contribution in [0.15, 0.2) is 29.8 Å². The summed E-state index contributed by atoms with van der Waals surface area (Å²) < 4.78 is 10.7. The number of hydrogen-bond acceptors (Lipinski definition) is 4. The van der Waals surface area contributed by atoms with Crippen molar-refractivity contribution in [1.29, 1.82) is 0 Å². The fourth-order valence-corrected chi connectivity index (χ4v) is 3.24. The van der Waals surface area contributed by atoms with Crippen LogP contribution < -0.4 is 10.1 Å². The molecule has 1 aromatic rings. The average molecular weight is 329 g/mol. The molecule has 2 atom stereocenters. The molecular weight excluding hydrogens is 306 g/mol. The molecule has 0 saturated heterocycles. The van der Waals surface area contributed by atoms with Crippen LogP contribution in [0.2, 0.25) is 0 Å². The van der Waals surface area contributed by atoms with Gasteiger partial charge in [0.25, 0.3) is 5.91 Å². The summed E-state index contributed by atoms with van der Waals surface area (Å²) in [5.74, 6) is 0.485. The monoisotopic (exact) mass is 329 g/mol. The average Bonchev–Trinajstić information content (AvgIpc) is 2.61. The van der Waals surface area contributed by atoms with Gasteiger partial charge in [-0.2, -0.15) is 0 Å². The highest BCUT2D eigenvalue weighted by molar-refractivity contribution is 5.96. The number of benzene rings is 1. The van der Waals surface area contributed by atoms with Gasteiger partial charge in [-0.1, -0.05) is 38.0 Å². The Morgan fingerprint density at radius 3 is 2.88 bits per heavy atom. The third kappa shape index (κ3) is 3.96. The van der Waals surface area contributed by atoms with Crippen LogP contribution in [0.1, 0.15) is 38.2 Å². The lowest BCUT2D eigenvalue weighted by Gasteiger charge is -2.29. The lowest BCUT2D eigenvalue weighted by molar-refractivity contribution is -0.145. The predicted octanol–water partition coefficient (Wildman–Crippen LogP) is 2.70. The molecule has 5 nitrogen and oxygen atoms in total. The number of amides is 1. The van der Waals surface area contributed by atoms with Crippen molar-refractivity contribution in [2.75, 3.05) is 13.2 Å². The molecular formula is C19H23NO4. The molecule has 0 aromatic heterocycles. The Kier molecular flexibility index (Phi) is 5.18. The molecule has 5 heteroatoms. The van der Waals surface area contributed by atoms with Crippen LogP contribution in [-0.4, -0.2) is 31.1 Å². The standard InChI is InChI=1S/C19H23NO4/c1-13-6-2-4-8-16(13)20-18(21)12-24-19(22)15-10-14-7-3-5-9-17(14)23-11-15/h3,5,7,9-10,13,16H,2,4,6,8,11-12H2,1H3,(H,20,21)/t13-,16-/m0/s1. The molecule has 0 unspecified atom stereocenters. The lowest BCUT2D eigenvalue weighted by Crippen LogP contribution is -2.43. The molecule has 1 aliphatic carbocycles. The van der Waals surface area contributed by atoms with E-state index < -0.39 is 5.97 Å². The van der Waals surface area contributed by atoms with Crippen molar-refractivity contribution in [1.82, 2.24) is 5.32 Å². The van der Waals surface area contributed by atoms with Gasteiger partial charge in [0.15, 0.2) is 6.61 Å². The summed E-state index contributed by atoms with van der Waals surface area (Å²) in [6.07, 6.45) is 6.24. The second-order valence-electron chi connectivity index (χ2n) is 6.51. The number of rotatable bonds is 4. The van der Waals surface area contributed by atoms with Gasteiger partial charge in [-0.25, -0.2) is 4.79 Å². The molecule has 128 valence electrons. The first-order valence-electron chi connectivity index (χ1n) is 8.52. The van der Waals surface area contributed by atoms with Gasteiger partial charge < -0.3 is 14.8 Å². The Labute approximate surface area is 142 Å². The zero-order valence-electron chi connectivity index (χ0n) is 13.9. The molecule has 1 aliphatic heterocycles. The molecule has 1 saturated carbocycles. The quantitative estimate of drug-likeness (QED) is 0.863. The summed E-state index contributed by atoms with van der Waals surface area (Å²) in [4.78, 5) is 24.1. The van der Waals surface area contributed by atoms with Gasteiger partial charge >= 0.3 is 5.97 Å². The number of ether oxygens (including phenoxy) is 2. The molecule has 1 amide bonds. The van der Waals surface area contributed by atoms with Crippen LogP contribution in [0.3, 0.4) is 0 Å². The summed E-state index contributed by atoms with van der Waals surface area (Å²) in [5, 5.41) is 2.98. The zero-order valence-corrected chi connectivity index (χ0v) is 13.9. The molecule has 1 heterocycles. The Balaban J connectivity index is 1.51. The predicted molar refractivity (Wildman–Crippen MR) is 90.4 cm³/mol. The zero-order chi connectivity index (χ0) is 16.9. The topological polar surface area (TPSA) is 64.6 Å². The minimum absolute atomic E-state index is 0.164. The lowest BCUT2D eigenvalue weighted by atomic mass is 9.86. The first-order valence-corrected chi connectivity index (χ1v) is 8.52. The molecule has 3 rings (SSSR count). The molecule has 1 aromatic carbocycles. The molecule has 1 fully saturated rings. The van der Waals surface area contributed by atoms with E-state index in [1.54, 1.807) is 6.08 Å². The van der Waals surface area contributed by atoms with Gasteiger partial charge in [-0.15, -0.1) is 0 Å². The van der Waals surface area contributed by atoms with Crippen LogP contribution in [0, 0.1) is 5.92 Å². The highest BCUT2D eigenvalue weighted by Gasteiger charge is 2.24. The maximum absolute atomic E-state index is 12.1. The van der Waals surface area contributed by atoms with E-state index >= 15 is 0 Å². The van der Waals surface area contributed by atoms with E-state index in [4.69, 9.17) is 9.47 Å². The number of carbonyl (C=O) groups is 2. The number of hydrogen-bond donors (Lipinski definition) is 1. The molecule has 0 bridgehead atoms. The van der Waals surface area contributed by atoms with Crippen molar-refractivity contribution in [3.8, 4) is 5.75 Å². The van der Waals surface area contributed by atoms with Gasteiger partial charge in [0.1, 0.15) is 12.4 Å². The van der Waals surface area contributed by atoms with E-state index in [1.165, 1.54) is 6.42 Å². The van der Waals surface area contributed by atoms with Crippen LogP contribution in [0.25, 0.3) is 6.08 Å². The Hall–Kier alpha value is -2.30. The smallest absolute Gasteiger partial charge is 0.338 e. The van der Waals surface area contributed by atoms with E-state index in [9.17, 15) is 9.59 Å². The second-order valence-corrected chi connectivity index (χ2v) is 6.51. The van der Waals surface area contributed by atoms with Gasteiger partial charge in [-0.05, 0) is 30.9 Å². The summed E-state index contributed by atoms with van der Waals surface area (Å²) in [7, 11) is 0. The van der Waals surface area contributed by atoms with E-state index in [1.807, 2.05) is 24.3 Å². The number of nitrogens with one attached hydrogen (secondary N) is 1. The number of para-hydroxylation sites is 1. The SMILES string of the molecule is C[C@H]1CCCC[C@@H]1NC(=O)COC(=O)C1=Cc2ccccc2OC1. The summed E-state index contributed by atoms with van der Waals surface area (Å²) in [6.45, 7) is 2.07. The van der Waals surface area contributed by atoms with Crippen LogP contribution in [-0.2, 0) is 14.3 Å². The highest BCUT2D eigenvalue weighted by Crippen LogP contribution is 2.26. The van der Waals surface area contributed by atoms with Crippen molar-refractivity contribution in [2.45, 2.75) is 38.6 Å². The maximum Gasteiger partial charge on any atom is 0.338 e. The number of fused-ring (bicyclic) bond motifs is 1. The van der Waals surface area contributed by atoms with E-state index in [0.717, 1.165) is 30.6 Å². The van der Waals surface area contributed by atoms with Gasteiger partial charge in [-0.3, -0.25) is 4.79 Å². The molecule has 24 heavy (non-hydrogen) atoms. The Morgan fingerprint density at radius 1 is 1.25 bits per heavy atom. The van der Waals surface area contributed by atoms with Crippen molar-refractivity contribution < 1.29 is 19.1 Å². The van der Waals surface area contributed by atoms with E-state index in [0.29, 0.717) is 11.5 Å². The minimum Gasteiger partial charge on any atom is -0.488 e. The van der Waals surface area contributed by atoms with Gasteiger partial charge in [0.2, 0.25) is 0 Å². The Bertz CT molecular complexity index is 653. The summed E-state index contributed by atoms with van der Waals surface area (Å²) in [5.41, 5.74) is 1.27. The number of esters is 1. The number of carbonyl (C=O) groups excluding carboxylic acids is 2. The van der Waals surface area contributed by atoms with Crippen molar-refractivity contribution in [2.24, 2.45) is 5.92 Å². The second kappa shape index (κ2) is 7.51. The van der Waals surface area contributed by atoms with E-state index in [2.05, 4.69) is 12.2 Å². The molecule has 1 N–H and O–H groups in total. The van der Waals surface area contributed by atoms with Gasteiger partial charge in [0, 0.05) is 11.6 Å². The van der Waals surface area contributed by atoms with E-state index in [-0.39, 0.29) is 25.2 Å². The summed E-state index contributed by atoms with van der Waals surface area (Å²) >= 11 is 0. The third-order valence-electron chi connectivity index (χ3n) is 4.69. The summed E-state index contributed by atoms with van der Waals surface area (Å²) in [6, 6.07) is 7.68. The molecule has 0 radical (unpaired) electrons. The molecule has 2 aliphatic rings. The van der Waals surface area contributed by atoms with Crippen molar-refractivity contribution in [3.05, 3.63) is 35.4 Å². The fraction of sp³-hybridized carbons (Fsp3) is 0.474. The highest BCUT2D eigenvalue weighted by atomic mass is 16.5. The molecule has 0 spiro atoms.